The van der Waals surface area contributed by atoms with Gasteiger partial charge >= 0.3 is 0 Å². The standard InChI is InChI=1S/C14H22N4/c1-3-10(2)11-6-16-14(17-7-11)18-12-4-5-13(18)9-15-8-12/h6-7,10,12-13,15H,3-5,8-9H2,1-2H3/t10-,12?,13?/m0/s1. The van der Waals surface area contributed by atoms with E-state index in [1.807, 2.05) is 12.4 Å². The molecule has 0 spiro atoms. The van der Waals surface area contributed by atoms with Gasteiger partial charge in [-0.05, 0) is 30.7 Å². The van der Waals surface area contributed by atoms with Crippen LogP contribution in [0.25, 0.3) is 0 Å². The first-order valence-corrected chi connectivity index (χ1v) is 7.10. The van der Waals surface area contributed by atoms with Crippen molar-refractivity contribution in [3.8, 4) is 0 Å². The molecule has 4 heteroatoms. The van der Waals surface area contributed by atoms with Crippen LogP contribution in [0.2, 0.25) is 0 Å². The summed E-state index contributed by atoms with van der Waals surface area (Å²) in [5.41, 5.74) is 1.25. The fraction of sp³-hybridized carbons (Fsp3) is 0.714. The second kappa shape index (κ2) is 4.84. The number of hydrogen-bond donors (Lipinski definition) is 1. The predicted octanol–water partition coefficient (Wildman–Crippen LogP) is 1.93. The quantitative estimate of drug-likeness (QED) is 0.885. The fourth-order valence-corrected chi connectivity index (χ4v) is 3.06. The largest absolute Gasteiger partial charge is 0.332 e. The van der Waals surface area contributed by atoms with E-state index in [-0.39, 0.29) is 0 Å². The molecule has 3 atom stereocenters. The van der Waals surface area contributed by atoms with Gasteiger partial charge in [0.05, 0.1) is 0 Å². The van der Waals surface area contributed by atoms with E-state index < -0.39 is 0 Å². The van der Waals surface area contributed by atoms with E-state index >= 15 is 0 Å². The molecule has 2 bridgehead atoms. The van der Waals surface area contributed by atoms with Gasteiger partial charge in [-0.1, -0.05) is 13.8 Å². The number of nitrogens with one attached hydrogen (secondary N) is 1. The Morgan fingerprint density at radius 2 is 1.89 bits per heavy atom. The maximum atomic E-state index is 4.60. The zero-order valence-corrected chi connectivity index (χ0v) is 11.3. The molecule has 2 fully saturated rings. The highest BCUT2D eigenvalue weighted by Crippen LogP contribution is 2.30. The number of fused-ring (bicyclic) bond motifs is 2. The Hall–Kier alpha value is -1.16. The van der Waals surface area contributed by atoms with E-state index in [4.69, 9.17) is 0 Å². The zero-order chi connectivity index (χ0) is 12.5. The minimum absolute atomic E-state index is 0.554. The molecule has 3 rings (SSSR count). The average molecular weight is 246 g/mol. The van der Waals surface area contributed by atoms with Crippen LogP contribution in [0.4, 0.5) is 5.95 Å². The number of nitrogens with zero attached hydrogens (tertiary/aromatic N) is 3. The molecule has 3 heterocycles. The van der Waals surface area contributed by atoms with E-state index in [1.54, 1.807) is 0 Å². The summed E-state index contributed by atoms with van der Waals surface area (Å²) in [5.74, 6) is 1.48. The third-order valence-electron chi connectivity index (χ3n) is 4.45. The predicted molar refractivity (Wildman–Crippen MR) is 72.9 cm³/mol. The Morgan fingerprint density at radius 3 is 2.44 bits per heavy atom. The van der Waals surface area contributed by atoms with Crippen molar-refractivity contribution in [1.29, 1.82) is 0 Å². The van der Waals surface area contributed by atoms with Crippen LogP contribution in [0.15, 0.2) is 12.4 Å². The van der Waals surface area contributed by atoms with Gasteiger partial charge < -0.3 is 10.2 Å². The lowest BCUT2D eigenvalue weighted by molar-refractivity contribution is 0.476. The van der Waals surface area contributed by atoms with Crippen molar-refractivity contribution in [3.05, 3.63) is 18.0 Å². The molecule has 4 nitrogen and oxygen atoms in total. The lowest BCUT2D eigenvalue weighted by atomic mass is 10.0. The Morgan fingerprint density at radius 1 is 1.28 bits per heavy atom. The van der Waals surface area contributed by atoms with Gasteiger partial charge in [0.15, 0.2) is 0 Å². The highest BCUT2D eigenvalue weighted by molar-refractivity contribution is 5.38. The molecular formula is C14H22N4. The average Bonchev–Trinajstić information content (AvgIpc) is 2.67. The number of rotatable bonds is 3. The van der Waals surface area contributed by atoms with Gasteiger partial charge in [0.2, 0.25) is 5.95 Å². The molecule has 0 radical (unpaired) electrons. The molecule has 2 aliphatic rings. The molecule has 2 unspecified atom stereocenters. The number of anilines is 1. The first-order chi connectivity index (χ1) is 8.79. The Bertz CT molecular complexity index is 387. The Kier molecular flexibility index (Phi) is 3.20. The minimum atomic E-state index is 0.554. The molecule has 18 heavy (non-hydrogen) atoms. The first-order valence-electron chi connectivity index (χ1n) is 7.10. The molecule has 0 aliphatic carbocycles. The second-order valence-electron chi connectivity index (χ2n) is 5.58. The molecule has 2 saturated heterocycles. The summed E-state index contributed by atoms with van der Waals surface area (Å²) in [7, 11) is 0. The zero-order valence-electron chi connectivity index (χ0n) is 11.3. The number of aromatic nitrogens is 2. The normalized spacial score (nSPS) is 28.4. The summed E-state index contributed by atoms with van der Waals surface area (Å²) in [6.45, 7) is 6.59. The molecule has 0 saturated carbocycles. The van der Waals surface area contributed by atoms with Crippen LogP contribution in [0.1, 0.15) is 44.6 Å². The van der Waals surface area contributed by atoms with E-state index in [0.717, 1.165) is 25.5 Å². The molecule has 2 aliphatic heterocycles. The number of piperazine rings is 1. The van der Waals surface area contributed by atoms with Gasteiger partial charge in [0.25, 0.3) is 0 Å². The summed E-state index contributed by atoms with van der Waals surface area (Å²) in [5, 5.41) is 3.49. The molecule has 1 aromatic rings. The summed E-state index contributed by atoms with van der Waals surface area (Å²) in [6, 6.07) is 1.19. The van der Waals surface area contributed by atoms with Crippen molar-refractivity contribution in [2.75, 3.05) is 18.0 Å². The molecular weight excluding hydrogens is 224 g/mol. The van der Waals surface area contributed by atoms with Crippen molar-refractivity contribution in [2.24, 2.45) is 0 Å². The lowest BCUT2D eigenvalue weighted by Crippen LogP contribution is -2.52. The monoisotopic (exact) mass is 246 g/mol. The molecule has 0 aromatic carbocycles. The van der Waals surface area contributed by atoms with Crippen molar-refractivity contribution in [3.63, 3.8) is 0 Å². The summed E-state index contributed by atoms with van der Waals surface area (Å²) in [6.07, 6.45) is 7.71. The van der Waals surface area contributed by atoms with Gasteiger partial charge in [-0.25, -0.2) is 9.97 Å². The van der Waals surface area contributed by atoms with Gasteiger partial charge in [-0.2, -0.15) is 0 Å². The first kappa shape index (κ1) is 11.9. The van der Waals surface area contributed by atoms with Crippen molar-refractivity contribution in [1.82, 2.24) is 15.3 Å². The van der Waals surface area contributed by atoms with Gasteiger partial charge in [-0.15, -0.1) is 0 Å². The minimum Gasteiger partial charge on any atom is -0.332 e. The molecule has 1 aromatic heterocycles. The highest BCUT2D eigenvalue weighted by atomic mass is 15.3. The van der Waals surface area contributed by atoms with Gasteiger partial charge in [0.1, 0.15) is 0 Å². The van der Waals surface area contributed by atoms with E-state index in [9.17, 15) is 0 Å². The van der Waals surface area contributed by atoms with Crippen LogP contribution >= 0.6 is 0 Å². The number of hydrogen-bond acceptors (Lipinski definition) is 4. The molecule has 0 amide bonds. The van der Waals surface area contributed by atoms with E-state index in [0.29, 0.717) is 18.0 Å². The van der Waals surface area contributed by atoms with Gasteiger partial charge in [-0.3, -0.25) is 0 Å². The van der Waals surface area contributed by atoms with Crippen molar-refractivity contribution in [2.45, 2.75) is 51.1 Å². The van der Waals surface area contributed by atoms with Crippen LogP contribution in [0.5, 0.6) is 0 Å². The highest BCUT2D eigenvalue weighted by Gasteiger charge is 2.37. The second-order valence-corrected chi connectivity index (χ2v) is 5.58. The van der Waals surface area contributed by atoms with Crippen molar-refractivity contribution < 1.29 is 0 Å². The summed E-state index contributed by atoms with van der Waals surface area (Å²) >= 11 is 0. The third-order valence-corrected chi connectivity index (χ3v) is 4.45. The maximum Gasteiger partial charge on any atom is 0.225 e. The van der Waals surface area contributed by atoms with Crippen LogP contribution in [-0.4, -0.2) is 35.1 Å². The molecule has 98 valence electrons. The topological polar surface area (TPSA) is 41.1 Å². The lowest BCUT2D eigenvalue weighted by Gasteiger charge is -2.35. The van der Waals surface area contributed by atoms with E-state index in [1.165, 1.54) is 18.4 Å². The summed E-state index contributed by atoms with van der Waals surface area (Å²) < 4.78 is 0. The van der Waals surface area contributed by atoms with Crippen molar-refractivity contribution >= 4 is 5.95 Å². The van der Waals surface area contributed by atoms with Crippen LogP contribution in [0.3, 0.4) is 0 Å². The third kappa shape index (κ3) is 1.99. The SMILES string of the molecule is CC[C@H](C)c1cnc(N2C3CCC2CNC3)nc1. The Balaban J connectivity index is 1.80. The van der Waals surface area contributed by atoms with Crippen LogP contribution in [-0.2, 0) is 0 Å². The fourth-order valence-electron chi connectivity index (χ4n) is 3.06. The Labute approximate surface area is 109 Å². The maximum absolute atomic E-state index is 4.60. The van der Waals surface area contributed by atoms with Crippen LogP contribution in [0, 0.1) is 0 Å². The summed E-state index contributed by atoms with van der Waals surface area (Å²) in [4.78, 5) is 11.6. The van der Waals surface area contributed by atoms with Crippen LogP contribution < -0.4 is 10.2 Å². The van der Waals surface area contributed by atoms with E-state index in [2.05, 4.69) is 34.0 Å². The molecule has 1 N–H and O–H groups in total. The van der Waals surface area contributed by atoms with Gasteiger partial charge in [0, 0.05) is 37.6 Å². The smallest absolute Gasteiger partial charge is 0.225 e.